The number of alkyl halides is 3. The summed E-state index contributed by atoms with van der Waals surface area (Å²) in [7, 11) is 1.54. The van der Waals surface area contributed by atoms with Crippen LogP contribution in [0.2, 0.25) is 0 Å². The molecule has 2 rings (SSSR count). The summed E-state index contributed by atoms with van der Waals surface area (Å²) in [6, 6.07) is 1.73. The number of nitrogens with zero attached hydrogens (tertiary/aromatic N) is 2. The smallest absolute Gasteiger partial charge is 0.288 e. The average molecular weight is 272 g/mol. The number of hydrogen-bond acceptors (Lipinski definition) is 2. The summed E-state index contributed by atoms with van der Waals surface area (Å²) in [5.41, 5.74) is -1.66. The van der Waals surface area contributed by atoms with Crippen LogP contribution in [0.1, 0.15) is 21.5 Å². The van der Waals surface area contributed by atoms with Crippen molar-refractivity contribution in [2.45, 2.75) is 6.18 Å². The van der Waals surface area contributed by atoms with E-state index in [-0.39, 0.29) is 5.56 Å². The van der Waals surface area contributed by atoms with Crippen LogP contribution >= 0.6 is 0 Å². The van der Waals surface area contributed by atoms with Gasteiger partial charge in [0, 0.05) is 13.2 Å². The third-order valence-electron chi connectivity index (χ3n) is 2.51. The lowest BCUT2D eigenvalue weighted by Gasteiger charge is -2.08. The molecule has 100 valence electrons. The van der Waals surface area contributed by atoms with E-state index in [1.807, 2.05) is 0 Å². The standard InChI is InChI=1S/C12H8F4N2O/c1-18-6-7(5-17-18)11(19)9-4-8(12(14,15)16)2-3-10(9)13/h2-6H,1H3. The number of carbonyl (C=O) groups excluding carboxylic acids is 1. The number of aryl methyl sites for hydroxylation is 1. The minimum Gasteiger partial charge on any atom is -0.288 e. The van der Waals surface area contributed by atoms with Crippen molar-refractivity contribution >= 4 is 5.78 Å². The van der Waals surface area contributed by atoms with Gasteiger partial charge in [-0.15, -0.1) is 0 Å². The highest BCUT2D eigenvalue weighted by Gasteiger charge is 2.32. The van der Waals surface area contributed by atoms with Gasteiger partial charge in [0.25, 0.3) is 0 Å². The number of carbonyl (C=O) groups is 1. The number of halogens is 4. The van der Waals surface area contributed by atoms with Crippen LogP contribution < -0.4 is 0 Å². The summed E-state index contributed by atoms with van der Waals surface area (Å²) in [6.07, 6.45) is -2.15. The first-order chi connectivity index (χ1) is 8.79. The molecule has 0 saturated carbocycles. The van der Waals surface area contributed by atoms with Crippen molar-refractivity contribution in [2.75, 3.05) is 0 Å². The van der Waals surface area contributed by atoms with E-state index in [2.05, 4.69) is 5.10 Å². The Morgan fingerprint density at radius 2 is 2.00 bits per heavy atom. The highest BCUT2D eigenvalue weighted by molar-refractivity contribution is 6.09. The second-order valence-electron chi connectivity index (χ2n) is 3.92. The second-order valence-corrected chi connectivity index (χ2v) is 3.92. The van der Waals surface area contributed by atoms with E-state index in [4.69, 9.17) is 0 Å². The lowest BCUT2D eigenvalue weighted by atomic mass is 10.0. The first kappa shape index (κ1) is 13.3. The van der Waals surface area contributed by atoms with Gasteiger partial charge < -0.3 is 0 Å². The Labute approximate surface area is 105 Å². The van der Waals surface area contributed by atoms with E-state index in [9.17, 15) is 22.4 Å². The Hall–Kier alpha value is -2.18. The normalized spacial score (nSPS) is 11.6. The summed E-state index contributed by atoms with van der Waals surface area (Å²) in [5.74, 6) is -1.83. The third-order valence-corrected chi connectivity index (χ3v) is 2.51. The predicted molar refractivity (Wildman–Crippen MR) is 58.0 cm³/mol. The molecule has 0 aliphatic carbocycles. The maximum atomic E-state index is 13.5. The number of aromatic nitrogens is 2. The molecule has 2 aromatic rings. The highest BCUT2D eigenvalue weighted by Crippen LogP contribution is 2.30. The Bertz CT molecular complexity index is 631. The molecule has 0 N–H and O–H groups in total. The number of benzene rings is 1. The van der Waals surface area contributed by atoms with Crippen molar-refractivity contribution in [1.29, 1.82) is 0 Å². The molecule has 0 unspecified atom stereocenters. The molecule has 0 amide bonds. The molecule has 19 heavy (non-hydrogen) atoms. The van der Waals surface area contributed by atoms with Crippen LogP contribution in [0.4, 0.5) is 17.6 Å². The first-order valence-electron chi connectivity index (χ1n) is 5.19. The van der Waals surface area contributed by atoms with Crippen LogP contribution in [0.3, 0.4) is 0 Å². The predicted octanol–water partition coefficient (Wildman–Crippen LogP) is 2.81. The zero-order valence-corrected chi connectivity index (χ0v) is 9.70. The van der Waals surface area contributed by atoms with Gasteiger partial charge in [-0.25, -0.2) is 4.39 Å². The van der Waals surface area contributed by atoms with Crippen LogP contribution in [0.5, 0.6) is 0 Å². The van der Waals surface area contributed by atoms with Crippen LogP contribution in [-0.2, 0) is 13.2 Å². The fourth-order valence-electron chi connectivity index (χ4n) is 1.57. The average Bonchev–Trinajstić information content (AvgIpc) is 2.74. The molecule has 7 heteroatoms. The summed E-state index contributed by atoms with van der Waals surface area (Å²) in [4.78, 5) is 11.9. The molecular weight excluding hydrogens is 264 g/mol. The molecule has 1 aromatic carbocycles. The zero-order valence-electron chi connectivity index (χ0n) is 9.70. The molecule has 0 radical (unpaired) electrons. The van der Waals surface area contributed by atoms with E-state index < -0.39 is 28.9 Å². The highest BCUT2D eigenvalue weighted by atomic mass is 19.4. The largest absolute Gasteiger partial charge is 0.416 e. The first-order valence-corrected chi connectivity index (χ1v) is 5.19. The van der Waals surface area contributed by atoms with Gasteiger partial charge in [-0.3, -0.25) is 9.48 Å². The zero-order chi connectivity index (χ0) is 14.2. The molecule has 0 bridgehead atoms. The molecule has 0 saturated heterocycles. The maximum absolute atomic E-state index is 13.5. The number of ketones is 1. The molecule has 0 aliphatic rings. The van der Waals surface area contributed by atoms with E-state index in [1.54, 1.807) is 7.05 Å². The van der Waals surface area contributed by atoms with Crippen LogP contribution in [0, 0.1) is 5.82 Å². The van der Waals surface area contributed by atoms with Crippen molar-refractivity contribution in [3.63, 3.8) is 0 Å². The molecule has 1 aromatic heterocycles. The third kappa shape index (κ3) is 2.64. The van der Waals surface area contributed by atoms with Gasteiger partial charge in [-0.05, 0) is 18.2 Å². The molecule has 0 fully saturated rings. The summed E-state index contributed by atoms with van der Waals surface area (Å²) < 4.78 is 52.3. The van der Waals surface area contributed by atoms with Crippen molar-refractivity contribution < 1.29 is 22.4 Å². The number of rotatable bonds is 2. The van der Waals surface area contributed by atoms with Gasteiger partial charge in [0.2, 0.25) is 0 Å². The molecular formula is C12H8F4N2O. The maximum Gasteiger partial charge on any atom is 0.416 e. The summed E-state index contributed by atoms with van der Waals surface area (Å²) in [5, 5.41) is 3.72. The van der Waals surface area contributed by atoms with E-state index in [1.165, 1.54) is 17.1 Å². The second kappa shape index (κ2) is 4.49. The Morgan fingerprint density at radius 1 is 1.32 bits per heavy atom. The van der Waals surface area contributed by atoms with E-state index >= 15 is 0 Å². The van der Waals surface area contributed by atoms with Gasteiger partial charge in [0.15, 0.2) is 5.78 Å². The SMILES string of the molecule is Cn1cc(C(=O)c2cc(C(F)(F)F)ccc2F)cn1. The van der Waals surface area contributed by atoms with Crippen molar-refractivity contribution in [1.82, 2.24) is 9.78 Å². The topological polar surface area (TPSA) is 34.9 Å². The molecule has 3 nitrogen and oxygen atoms in total. The summed E-state index contributed by atoms with van der Waals surface area (Å²) in [6.45, 7) is 0. The fourth-order valence-corrected chi connectivity index (χ4v) is 1.57. The monoisotopic (exact) mass is 272 g/mol. The van der Waals surface area contributed by atoms with Crippen LogP contribution in [-0.4, -0.2) is 15.6 Å². The van der Waals surface area contributed by atoms with Gasteiger partial charge in [-0.2, -0.15) is 18.3 Å². The van der Waals surface area contributed by atoms with Gasteiger partial charge in [0.05, 0.1) is 22.9 Å². The van der Waals surface area contributed by atoms with E-state index in [0.29, 0.717) is 18.2 Å². The van der Waals surface area contributed by atoms with Crippen LogP contribution in [0.25, 0.3) is 0 Å². The molecule has 0 aliphatic heterocycles. The van der Waals surface area contributed by atoms with E-state index in [0.717, 1.165) is 0 Å². The molecule has 1 heterocycles. The fraction of sp³-hybridized carbons (Fsp3) is 0.167. The van der Waals surface area contributed by atoms with Crippen molar-refractivity contribution in [3.05, 3.63) is 53.1 Å². The lowest BCUT2D eigenvalue weighted by Crippen LogP contribution is -2.10. The van der Waals surface area contributed by atoms with Crippen molar-refractivity contribution in [3.8, 4) is 0 Å². The Morgan fingerprint density at radius 3 is 2.53 bits per heavy atom. The molecule has 0 atom stereocenters. The van der Waals surface area contributed by atoms with Crippen molar-refractivity contribution in [2.24, 2.45) is 7.05 Å². The Balaban J connectivity index is 2.47. The summed E-state index contributed by atoms with van der Waals surface area (Å²) >= 11 is 0. The quantitative estimate of drug-likeness (QED) is 0.622. The van der Waals surface area contributed by atoms with Gasteiger partial charge in [0.1, 0.15) is 5.82 Å². The lowest BCUT2D eigenvalue weighted by molar-refractivity contribution is -0.137. The number of hydrogen-bond donors (Lipinski definition) is 0. The van der Waals surface area contributed by atoms with Crippen LogP contribution in [0.15, 0.2) is 30.6 Å². The molecule has 0 spiro atoms. The minimum atomic E-state index is -4.63. The Kier molecular flexibility index (Phi) is 3.13. The van der Waals surface area contributed by atoms with Gasteiger partial charge >= 0.3 is 6.18 Å². The minimum absolute atomic E-state index is 0.0284. The van der Waals surface area contributed by atoms with Gasteiger partial charge in [-0.1, -0.05) is 0 Å².